The van der Waals surface area contributed by atoms with Crippen LogP contribution in [-0.4, -0.2) is 20.1 Å². The molecule has 3 rings (SSSR count). The Balaban J connectivity index is 1.87. The van der Waals surface area contributed by atoms with Crippen molar-refractivity contribution in [3.05, 3.63) is 71.1 Å². The number of benzene rings is 2. The number of sulfone groups is 1. The lowest BCUT2D eigenvalue weighted by Gasteiger charge is -2.03. The summed E-state index contributed by atoms with van der Waals surface area (Å²) in [6, 6.07) is 15.1. The Hall–Kier alpha value is -2.73. The van der Waals surface area contributed by atoms with Crippen molar-refractivity contribution in [1.29, 1.82) is 0 Å². The van der Waals surface area contributed by atoms with Crippen molar-refractivity contribution in [3.63, 3.8) is 0 Å². The number of nitrogens with zero attached hydrogens (tertiary/aromatic N) is 1. The summed E-state index contributed by atoms with van der Waals surface area (Å²) >= 11 is 0. The number of hydrogen-bond donors (Lipinski definition) is 0. The number of oxime groups is 1. The van der Waals surface area contributed by atoms with Crippen LogP contribution in [0.4, 0.5) is 0 Å². The normalized spacial score (nSPS) is 15.7. The molecule has 0 radical (unpaired) electrons. The van der Waals surface area contributed by atoms with Gasteiger partial charge in [-0.25, -0.2) is 13.2 Å². The third-order valence-corrected chi connectivity index (χ3v) is 4.94. The number of carbonyl (C=O) groups excluding carboxylic acids is 1. The molecule has 0 saturated heterocycles. The summed E-state index contributed by atoms with van der Waals surface area (Å²) in [6.45, 7) is 1.60. The predicted molar refractivity (Wildman–Crippen MR) is 86.6 cm³/mol. The lowest BCUT2D eigenvalue weighted by Crippen LogP contribution is -2.03. The van der Waals surface area contributed by atoms with E-state index >= 15 is 0 Å². The number of carbonyl (C=O) groups is 1. The van der Waals surface area contributed by atoms with Crippen LogP contribution in [0.3, 0.4) is 0 Å². The van der Waals surface area contributed by atoms with E-state index in [9.17, 15) is 13.2 Å². The zero-order valence-corrected chi connectivity index (χ0v) is 13.1. The fourth-order valence-corrected chi connectivity index (χ4v) is 3.77. The van der Waals surface area contributed by atoms with Gasteiger partial charge >= 0.3 is 5.97 Å². The van der Waals surface area contributed by atoms with E-state index in [1.54, 1.807) is 55.5 Å². The molecule has 1 aliphatic heterocycles. The molecule has 116 valence electrons. The highest BCUT2D eigenvalue weighted by atomic mass is 32.2. The summed E-state index contributed by atoms with van der Waals surface area (Å²) in [5.41, 5.74) is 1.69. The van der Waals surface area contributed by atoms with E-state index in [1.165, 1.54) is 6.07 Å². The van der Waals surface area contributed by atoms with Crippen molar-refractivity contribution in [2.75, 3.05) is 0 Å². The van der Waals surface area contributed by atoms with Crippen LogP contribution in [0, 0.1) is 0 Å². The van der Waals surface area contributed by atoms with Crippen LogP contribution in [0.5, 0.6) is 0 Å². The van der Waals surface area contributed by atoms with Gasteiger partial charge in [0.25, 0.3) is 0 Å². The van der Waals surface area contributed by atoms with Gasteiger partial charge in [0.05, 0.1) is 16.2 Å². The molecular formula is C17H13NO4S. The highest BCUT2D eigenvalue weighted by Crippen LogP contribution is 2.33. The smallest absolute Gasteiger partial charge is 0.313 e. The van der Waals surface area contributed by atoms with Crippen molar-refractivity contribution in [2.24, 2.45) is 5.16 Å². The van der Waals surface area contributed by atoms with E-state index in [0.29, 0.717) is 22.4 Å². The fraction of sp³-hybridized carbons (Fsp3) is 0.0588. The summed E-state index contributed by atoms with van der Waals surface area (Å²) in [5, 5.41) is 4.93. The summed E-state index contributed by atoms with van der Waals surface area (Å²) < 4.78 is 24.2. The van der Waals surface area contributed by atoms with Crippen molar-refractivity contribution in [3.8, 4) is 0 Å². The van der Waals surface area contributed by atoms with E-state index in [2.05, 4.69) is 5.16 Å². The van der Waals surface area contributed by atoms with Crippen LogP contribution < -0.4 is 0 Å². The topological polar surface area (TPSA) is 72.8 Å². The Morgan fingerprint density at radius 1 is 1.00 bits per heavy atom. The van der Waals surface area contributed by atoms with Crippen molar-refractivity contribution >= 4 is 27.1 Å². The first-order valence-corrected chi connectivity index (χ1v) is 8.41. The minimum absolute atomic E-state index is 0.235. The average Bonchev–Trinajstić information content (AvgIpc) is 2.85. The van der Waals surface area contributed by atoms with Gasteiger partial charge in [-0.05, 0) is 25.1 Å². The van der Waals surface area contributed by atoms with Gasteiger partial charge in [-0.2, -0.15) is 0 Å². The molecule has 0 aromatic heterocycles. The Bertz CT molecular complexity index is 928. The maximum atomic E-state index is 12.1. The molecule has 0 unspecified atom stereocenters. The second kappa shape index (κ2) is 5.81. The average molecular weight is 327 g/mol. The van der Waals surface area contributed by atoms with Crippen LogP contribution in [0.15, 0.2) is 70.1 Å². The Kier molecular flexibility index (Phi) is 3.83. The molecule has 0 atom stereocenters. The molecule has 2 aromatic rings. The van der Waals surface area contributed by atoms with Crippen molar-refractivity contribution < 1.29 is 18.0 Å². The van der Waals surface area contributed by atoms with Gasteiger partial charge in [0, 0.05) is 16.5 Å². The van der Waals surface area contributed by atoms with Gasteiger partial charge in [0.1, 0.15) is 0 Å². The predicted octanol–water partition coefficient (Wildman–Crippen LogP) is 3.05. The Morgan fingerprint density at radius 3 is 2.39 bits per heavy atom. The number of hydrogen-bond acceptors (Lipinski definition) is 5. The van der Waals surface area contributed by atoms with E-state index in [0.717, 1.165) is 5.41 Å². The number of fused-ring (bicyclic) bond motifs is 1. The summed E-state index contributed by atoms with van der Waals surface area (Å²) in [5.74, 6) is -0.598. The summed E-state index contributed by atoms with van der Waals surface area (Å²) in [6.07, 6.45) is 0. The molecule has 2 aromatic carbocycles. The van der Waals surface area contributed by atoms with Gasteiger partial charge < -0.3 is 4.84 Å². The van der Waals surface area contributed by atoms with E-state index in [1.807, 2.05) is 0 Å². The lowest BCUT2D eigenvalue weighted by atomic mass is 10.0. The van der Waals surface area contributed by atoms with Crippen LogP contribution in [0.25, 0.3) is 5.57 Å². The molecule has 5 nitrogen and oxygen atoms in total. The van der Waals surface area contributed by atoms with Gasteiger partial charge in [0.15, 0.2) is 0 Å². The summed E-state index contributed by atoms with van der Waals surface area (Å²) in [4.78, 5) is 17.0. The fourth-order valence-electron chi connectivity index (χ4n) is 2.29. The zero-order valence-electron chi connectivity index (χ0n) is 12.3. The van der Waals surface area contributed by atoms with Crippen LogP contribution in [-0.2, 0) is 14.7 Å². The highest BCUT2D eigenvalue weighted by molar-refractivity contribution is 7.95. The van der Waals surface area contributed by atoms with Crippen LogP contribution in [0.2, 0.25) is 0 Å². The highest BCUT2D eigenvalue weighted by Gasteiger charge is 2.28. The minimum Gasteiger partial charge on any atom is -0.313 e. The molecule has 23 heavy (non-hydrogen) atoms. The van der Waals surface area contributed by atoms with Crippen molar-refractivity contribution in [2.45, 2.75) is 11.8 Å². The van der Waals surface area contributed by atoms with Crippen LogP contribution >= 0.6 is 0 Å². The van der Waals surface area contributed by atoms with Gasteiger partial charge in [-0.3, -0.25) is 0 Å². The second-order valence-electron chi connectivity index (χ2n) is 4.99. The molecule has 1 aliphatic rings. The SMILES string of the molecule is C/C(=N\OC(=O)c1ccccc1)C1=CS(=O)(=O)c2ccccc21. The molecule has 0 bridgehead atoms. The first-order valence-electron chi connectivity index (χ1n) is 6.86. The molecule has 0 N–H and O–H groups in total. The zero-order chi connectivity index (χ0) is 16.4. The molecular weight excluding hydrogens is 314 g/mol. The van der Waals surface area contributed by atoms with Crippen molar-refractivity contribution in [1.82, 2.24) is 0 Å². The van der Waals surface area contributed by atoms with Gasteiger partial charge in [0.2, 0.25) is 9.84 Å². The molecule has 6 heteroatoms. The number of allylic oxidation sites excluding steroid dienone is 1. The Labute approximate surface area is 133 Å². The standard InChI is InChI=1S/C17H13NO4S/c1-12(18-22-17(19)13-7-3-2-4-8-13)15-11-23(20,21)16-10-6-5-9-14(15)16/h2-11H,1H3/b18-12+. The largest absolute Gasteiger partial charge is 0.365 e. The van der Waals surface area contributed by atoms with Gasteiger partial charge in [-0.15, -0.1) is 0 Å². The van der Waals surface area contributed by atoms with E-state index in [4.69, 9.17) is 4.84 Å². The first-order chi connectivity index (χ1) is 11.0. The maximum Gasteiger partial charge on any atom is 0.365 e. The van der Waals surface area contributed by atoms with Crippen LogP contribution in [0.1, 0.15) is 22.8 Å². The summed E-state index contributed by atoms with van der Waals surface area (Å²) in [7, 11) is -3.47. The third kappa shape index (κ3) is 2.93. The molecule has 0 saturated carbocycles. The first kappa shape index (κ1) is 15.2. The molecule has 1 heterocycles. The number of rotatable bonds is 3. The maximum absolute atomic E-state index is 12.1. The monoisotopic (exact) mass is 327 g/mol. The van der Waals surface area contributed by atoms with Gasteiger partial charge in [-0.1, -0.05) is 41.6 Å². The second-order valence-corrected chi connectivity index (χ2v) is 6.76. The quantitative estimate of drug-likeness (QED) is 0.493. The molecule has 0 fully saturated rings. The molecule has 0 amide bonds. The van der Waals surface area contributed by atoms with E-state index < -0.39 is 15.8 Å². The minimum atomic E-state index is -3.47. The van der Waals surface area contributed by atoms with E-state index in [-0.39, 0.29) is 4.90 Å². The lowest BCUT2D eigenvalue weighted by molar-refractivity contribution is 0.0517. The third-order valence-electron chi connectivity index (χ3n) is 3.42. The molecule has 0 spiro atoms. The molecule has 0 aliphatic carbocycles. The Morgan fingerprint density at radius 2 is 1.65 bits per heavy atom.